The molecule has 2 aromatic carbocycles. The van der Waals surface area contributed by atoms with Crippen LogP contribution >= 0.6 is 0 Å². The van der Waals surface area contributed by atoms with E-state index in [1.807, 2.05) is 19.9 Å². The number of ketones is 1. The lowest BCUT2D eigenvalue weighted by Crippen LogP contribution is -2.21. The molecule has 1 aliphatic carbocycles. The molecule has 2 aromatic rings. The van der Waals surface area contributed by atoms with Gasteiger partial charge in [-0.25, -0.2) is 4.39 Å². The number of nitrogens with one attached hydrogen (secondary N) is 1. The van der Waals surface area contributed by atoms with Crippen LogP contribution in [0.15, 0.2) is 30.3 Å². The zero-order chi connectivity index (χ0) is 18.1. The second kappa shape index (κ2) is 6.67. The quantitative estimate of drug-likeness (QED) is 0.909. The SMILES string of the molecule is Cc1ccc(NC(=O)COc2ccc(C)c3c2C(=O)C[C@H]3C)cc1F. The highest BCUT2D eigenvalue weighted by atomic mass is 19.1. The minimum atomic E-state index is -0.406. The number of hydrogen-bond acceptors (Lipinski definition) is 3. The van der Waals surface area contributed by atoms with E-state index < -0.39 is 5.91 Å². The number of rotatable bonds is 4. The van der Waals surface area contributed by atoms with E-state index in [2.05, 4.69) is 5.32 Å². The lowest BCUT2D eigenvalue weighted by Gasteiger charge is -2.13. The van der Waals surface area contributed by atoms with Gasteiger partial charge in [-0.2, -0.15) is 0 Å². The lowest BCUT2D eigenvalue weighted by atomic mass is 9.97. The molecule has 1 amide bonds. The Bertz CT molecular complexity index is 860. The van der Waals surface area contributed by atoms with Crippen molar-refractivity contribution in [2.45, 2.75) is 33.1 Å². The van der Waals surface area contributed by atoms with E-state index in [-0.39, 0.29) is 24.1 Å². The number of amides is 1. The molecule has 1 aliphatic rings. The molecule has 0 aromatic heterocycles. The Morgan fingerprint density at radius 3 is 2.68 bits per heavy atom. The van der Waals surface area contributed by atoms with Crippen LogP contribution < -0.4 is 10.1 Å². The highest BCUT2D eigenvalue weighted by Crippen LogP contribution is 2.40. The van der Waals surface area contributed by atoms with E-state index in [1.54, 1.807) is 25.1 Å². The largest absolute Gasteiger partial charge is 0.483 e. The molecule has 0 fully saturated rings. The van der Waals surface area contributed by atoms with Gasteiger partial charge in [0.2, 0.25) is 0 Å². The Labute approximate surface area is 146 Å². The number of carbonyl (C=O) groups excluding carboxylic acids is 2. The van der Waals surface area contributed by atoms with Gasteiger partial charge in [-0.15, -0.1) is 0 Å². The molecule has 1 N–H and O–H groups in total. The van der Waals surface area contributed by atoms with Gasteiger partial charge < -0.3 is 10.1 Å². The lowest BCUT2D eigenvalue weighted by molar-refractivity contribution is -0.118. The molecule has 0 aliphatic heterocycles. The molecule has 0 saturated carbocycles. The van der Waals surface area contributed by atoms with Crippen molar-refractivity contribution in [3.8, 4) is 5.75 Å². The summed E-state index contributed by atoms with van der Waals surface area (Å²) < 4.78 is 19.1. The molecule has 5 heteroatoms. The topological polar surface area (TPSA) is 55.4 Å². The molecule has 0 unspecified atom stereocenters. The van der Waals surface area contributed by atoms with Crippen molar-refractivity contribution < 1.29 is 18.7 Å². The second-order valence-electron chi connectivity index (χ2n) is 6.50. The van der Waals surface area contributed by atoms with Gasteiger partial charge in [0, 0.05) is 12.1 Å². The van der Waals surface area contributed by atoms with Crippen molar-refractivity contribution in [2.75, 3.05) is 11.9 Å². The van der Waals surface area contributed by atoms with E-state index in [1.165, 1.54) is 6.07 Å². The first-order valence-corrected chi connectivity index (χ1v) is 8.22. The highest BCUT2D eigenvalue weighted by molar-refractivity contribution is 6.04. The van der Waals surface area contributed by atoms with Crippen molar-refractivity contribution >= 4 is 17.4 Å². The Kier molecular flexibility index (Phi) is 4.57. The maximum absolute atomic E-state index is 13.5. The summed E-state index contributed by atoms with van der Waals surface area (Å²) in [6.45, 7) is 5.39. The van der Waals surface area contributed by atoms with Gasteiger partial charge in [0.15, 0.2) is 12.4 Å². The predicted molar refractivity (Wildman–Crippen MR) is 93.8 cm³/mol. The first kappa shape index (κ1) is 17.1. The van der Waals surface area contributed by atoms with Crippen LogP contribution in [0.2, 0.25) is 0 Å². The number of aryl methyl sites for hydroxylation is 2. The zero-order valence-corrected chi connectivity index (χ0v) is 14.5. The van der Waals surface area contributed by atoms with Crippen LogP contribution in [0.3, 0.4) is 0 Å². The van der Waals surface area contributed by atoms with Crippen molar-refractivity contribution in [1.29, 1.82) is 0 Å². The van der Waals surface area contributed by atoms with Gasteiger partial charge in [-0.3, -0.25) is 9.59 Å². The first-order chi connectivity index (χ1) is 11.9. The average molecular weight is 341 g/mol. The second-order valence-corrected chi connectivity index (χ2v) is 6.50. The van der Waals surface area contributed by atoms with Crippen LogP contribution in [-0.4, -0.2) is 18.3 Å². The number of halogens is 1. The summed E-state index contributed by atoms with van der Waals surface area (Å²) >= 11 is 0. The molecule has 1 atom stereocenters. The van der Waals surface area contributed by atoms with Crippen LogP contribution in [0.25, 0.3) is 0 Å². The molecule has 4 nitrogen and oxygen atoms in total. The summed E-state index contributed by atoms with van der Waals surface area (Å²) in [6, 6.07) is 8.12. The molecule has 0 radical (unpaired) electrons. The van der Waals surface area contributed by atoms with E-state index in [9.17, 15) is 14.0 Å². The summed E-state index contributed by atoms with van der Waals surface area (Å²) in [7, 11) is 0. The minimum Gasteiger partial charge on any atom is -0.483 e. The first-order valence-electron chi connectivity index (χ1n) is 8.22. The number of Topliss-reactive ketones (excluding diaryl/α,β-unsaturated/α-hetero) is 1. The van der Waals surface area contributed by atoms with E-state index in [4.69, 9.17) is 4.74 Å². The zero-order valence-electron chi connectivity index (χ0n) is 14.5. The third-order valence-electron chi connectivity index (χ3n) is 4.50. The summed E-state index contributed by atoms with van der Waals surface area (Å²) in [5.41, 5.74) is 3.53. The fourth-order valence-corrected chi connectivity index (χ4v) is 3.24. The fraction of sp³-hybridized carbons (Fsp3) is 0.300. The van der Waals surface area contributed by atoms with Crippen LogP contribution in [0.5, 0.6) is 5.75 Å². The van der Waals surface area contributed by atoms with Crippen LogP contribution in [0.1, 0.15) is 46.3 Å². The van der Waals surface area contributed by atoms with Gasteiger partial charge in [-0.05, 0) is 54.7 Å². The smallest absolute Gasteiger partial charge is 0.262 e. The molecule has 0 bridgehead atoms. The molecule has 0 saturated heterocycles. The number of anilines is 1. The summed E-state index contributed by atoms with van der Waals surface area (Å²) in [4.78, 5) is 24.3. The Balaban J connectivity index is 1.71. The van der Waals surface area contributed by atoms with E-state index >= 15 is 0 Å². The third-order valence-corrected chi connectivity index (χ3v) is 4.50. The van der Waals surface area contributed by atoms with Crippen LogP contribution in [0.4, 0.5) is 10.1 Å². The fourth-order valence-electron chi connectivity index (χ4n) is 3.24. The Morgan fingerprint density at radius 2 is 1.96 bits per heavy atom. The van der Waals surface area contributed by atoms with Gasteiger partial charge in [0.25, 0.3) is 5.91 Å². The molecule has 25 heavy (non-hydrogen) atoms. The average Bonchev–Trinajstić information content (AvgIpc) is 2.86. The van der Waals surface area contributed by atoms with Crippen LogP contribution in [0, 0.1) is 19.7 Å². The maximum Gasteiger partial charge on any atom is 0.262 e. The van der Waals surface area contributed by atoms with Crippen LogP contribution in [-0.2, 0) is 4.79 Å². The standard InChI is InChI=1S/C20H20FNO3/c1-11-4-6-14(9-15(11)21)22-18(24)10-25-17-7-5-12(2)19-13(3)8-16(23)20(17)19/h4-7,9,13H,8,10H2,1-3H3,(H,22,24)/t13-/m1/s1. The Morgan fingerprint density at radius 1 is 1.24 bits per heavy atom. The molecule has 0 spiro atoms. The summed E-state index contributed by atoms with van der Waals surface area (Å²) in [6.07, 6.45) is 0.464. The number of hydrogen-bond donors (Lipinski definition) is 1. The monoisotopic (exact) mass is 341 g/mol. The number of benzene rings is 2. The summed E-state index contributed by atoms with van der Waals surface area (Å²) in [5.74, 6) is -0.150. The van der Waals surface area contributed by atoms with E-state index in [0.29, 0.717) is 29.0 Å². The van der Waals surface area contributed by atoms with Gasteiger partial charge >= 0.3 is 0 Å². The summed E-state index contributed by atoms with van der Waals surface area (Å²) in [5, 5.41) is 2.59. The van der Waals surface area contributed by atoms with E-state index in [0.717, 1.165) is 11.1 Å². The van der Waals surface area contributed by atoms with Crippen molar-refractivity contribution in [3.05, 3.63) is 58.4 Å². The molecule has 3 rings (SSSR count). The molecule has 130 valence electrons. The molecule has 0 heterocycles. The Hall–Kier alpha value is -2.69. The molecular weight excluding hydrogens is 321 g/mol. The van der Waals surface area contributed by atoms with Crippen molar-refractivity contribution in [2.24, 2.45) is 0 Å². The number of fused-ring (bicyclic) bond motifs is 1. The minimum absolute atomic E-state index is 0.0437. The van der Waals surface area contributed by atoms with Gasteiger partial charge in [0.1, 0.15) is 11.6 Å². The molecular formula is C20H20FNO3. The van der Waals surface area contributed by atoms with Crippen molar-refractivity contribution in [1.82, 2.24) is 0 Å². The third kappa shape index (κ3) is 3.40. The normalized spacial score (nSPS) is 15.8. The number of carbonyl (C=O) groups is 2. The van der Waals surface area contributed by atoms with Crippen molar-refractivity contribution in [3.63, 3.8) is 0 Å². The highest BCUT2D eigenvalue weighted by Gasteiger charge is 2.31. The van der Waals surface area contributed by atoms with Gasteiger partial charge in [0.05, 0.1) is 5.56 Å². The van der Waals surface area contributed by atoms with Gasteiger partial charge in [-0.1, -0.05) is 19.1 Å². The maximum atomic E-state index is 13.5. The predicted octanol–water partition coefficient (Wildman–Crippen LogP) is 4.15. The number of ether oxygens (including phenoxy) is 1.